The number of nitrogens with one attached hydrogen (secondary N) is 1. The first-order valence-corrected chi connectivity index (χ1v) is 7.63. The second-order valence-electron chi connectivity index (χ2n) is 4.27. The van der Waals surface area contributed by atoms with Crippen LogP contribution in [-0.2, 0) is 4.79 Å². The maximum Gasteiger partial charge on any atom is 0.237 e. The molecule has 0 radical (unpaired) electrons. The predicted octanol–water partition coefficient (Wildman–Crippen LogP) is 3.27. The zero-order valence-corrected chi connectivity index (χ0v) is 12.6. The van der Waals surface area contributed by atoms with Crippen LogP contribution in [0.4, 0.5) is 5.69 Å². The second kappa shape index (κ2) is 6.16. The smallest absolute Gasteiger partial charge is 0.237 e. The molecule has 0 aliphatic carbocycles. The number of nitrogens with zero attached hydrogens (tertiary/aromatic N) is 2. The second-order valence-corrected chi connectivity index (χ2v) is 6.69. The lowest BCUT2D eigenvalue weighted by Gasteiger charge is -2.12. The Bertz CT molecular complexity index is 569. The van der Waals surface area contributed by atoms with Gasteiger partial charge in [0.05, 0.1) is 5.25 Å². The van der Waals surface area contributed by atoms with Gasteiger partial charge < -0.3 is 5.32 Å². The number of carbonyl (C=O) groups excluding carboxylic acids is 1. The number of aryl methyl sites for hydroxylation is 2. The third kappa shape index (κ3) is 3.78. The Morgan fingerprint density at radius 3 is 2.89 bits per heavy atom. The minimum atomic E-state index is -0.201. The van der Waals surface area contributed by atoms with Gasteiger partial charge in [-0.25, -0.2) is 0 Å². The van der Waals surface area contributed by atoms with E-state index in [9.17, 15) is 4.79 Å². The van der Waals surface area contributed by atoms with Gasteiger partial charge in [-0.3, -0.25) is 4.79 Å². The molecule has 1 aromatic carbocycles. The summed E-state index contributed by atoms with van der Waals surface area (Å²) in [6.07, 6.45) is 0. The van der Waals surface area contributed by atoms with Crippen LogP contribution in [0.15, 0.2) is 28.0 Å². The molecule has 1 unspecified atom stereocenters. The van der Waals surface area contributed by atoms with Gasteiger partial charge in [-0.2, -0.15) is 0 Å². The monoisotopic (exact) mass is 293 g/mol. The molecule has 0 bridgehead atoms. The zero-order valence-electron chi connectivity index (χ0n) is 11.0. The third-order valence-electron chi connectivity index (χ3n) is 2.64. The lowest BCUT2D eigenvalue weighted by molar-refractivity contribution is -0.115. The highest BCUT2D eigenvalue weighted by molar-refractivity contribution is 8.02. The van der Waals surface area contributed by atoms with Gasteiger partial charge >= 0.3 is 0 Å². The van der Waals surface area contributed by atoms with Crippen molar-refractivity contribution in [2.45, 2.75) is 30.4 Å². The molecule has 6 heteroatoms. The van der Waals surface area contributed by atoms with Crippen LogP contribution in [0, 0.1) is 13.8 Å². The number of rotatable bonds is 4. The van der Waals surface area contributed by atoms with E-state index in [1.54, 1.807) is 5.51 Å². The standard InChI is InChI=1S/C13H15N3OS2/c1-8-4-5-9(2)11(6-8)15-12(17)10(3)19-13-16-14-7-18-13/h4-7,10H,1-3H3,(H,15,17). The van der Waals surface area contributed by atoms with E-state index in [1.807, 2.05) is 39.0 Å². The van der Waals surface area contributed by atoms with Gasteiger partial charge in [0.25, 0.3) is 0 Å². The molecule has 1 atom stereocenters. The minimum absolute atomic E-state index is 0.0195. The zero-order chi connectivity index (χ0) is 13.8. The Morgan fingerprint density at radius 1 is 1.42 bits per heavy atom. The van der Waals surface area contributed by atoms with Crippen LogP contribution in [0.1, 0.15) is 18.1 Å². The fraction of sp³-hybridized carbons (Fsp3) is 0.308. The van der Waals surface area contributed by atoms with E-state index in [4.69, 9.17) is 0 Å². The molecule has 1 N–H and O–H groups in total. The summed E-state index contributed by atoms with van der Waals surface area (Å²) in [5, 5.41) is 10.4. The summed E-state index contributed by atoms with van der Waals surface area (Å²) in [5.74, 6) is -0.0195. The van der Waals surface area contributed by atoms with Crippen LogP contribution in [0.2, 0.25) is 0 Å². The van der Waals surface area contributed by atoms with E-state index in [0.29, 0.717) is 0 Å². The van der Waals surface area contributed by atoms with Gasteiger partial charge in [0.1, 0.15) is 5.51 Å². The van der Waals surface area contributed by atoms with Gasteiger partial charge in [0.15, 0.2) is 4.34 Å². The number of benzene rings is 1. The van der Waals surface area contributed by atoms with Crippen molar-refractivity contribution >= 4 is 34.7 Å². The van der Waals surface area contributed by atoms with Crippen LogP contribution in [-0.4, -0.2) is 21.4 Å². The third-order valence-corrected chi connectivity index (χ3v) is 4.55. The summed E-state index contributed by atoms with van der Waals surface area (Å²) < 4.78 is 0.809. The largest absolute Gasteiger partial charge is 0.325 e. The van der Waals surface area contributed by atoms with Crippen molar-refractivity contribution in [1.29, 1.82) is 0 Å². The Morgan fingerprint density at radius 2 is 2.21 bits per heavy atom. The molecule has 1 aromatic heterocycles. The number of hydrogen-bond acceptors (Lipinski definition) is 5. The lowest BCUT2D eigenvalue weighted by atomic mass is 10.1. The highest BCUT2D eigenvalue weighted by atomic mass is 32.2. The number of aromatic nitrogens is 2. The molecule has 0 saturated carbocycles. The molecule has 2 rings (SSSR count). The predicted molar refractivity (Wildman–Crippen MR) is 79.8 cm³/mol. The molecule has 4 nitrogen and oxygen atoms in total. The van der Waals surface area contributed by atoms with E-state index in [-0.39, 0.29) is 11.2 Å². The molecule has 1 heterocycles. The summed E-state index contributed by atoms with van der Waals surface area (Å²) in [6.45, 7) is 5.86. The first kappa shape index (κ1) is 14.0. The summed E-state index contributed by atoms with van der Waals surface area (Å²) in [4.78, 5) is 12.1. The summed E-state index contributed by atoms with van der Waals surface area (Å²) in [6, 6.07) is 6.02. The quantitative estimate of drug-likeness (QED) is 0.879. The molecule has 100 valence electrons. The topological polar surface area (TPSA) is 54.9 Å². The van der Waals surface area contributed by atoms with Crippen LogP contribution in [0.5, 0.6) is 0 Å². The van der Waals surface area contributed by atoms with Crippen LogP contribution >= 0.6 is 23.1 Å². The fourth-order valence-electron chi connectivity index (χ4n) is 1.52. The molecular formula is C13H15N3OS2. The number of carbonyl (C=O) groups is 1. The molecule has 0 fully saturated rings. The van der Waals surface area contributed by atoms with E-state index < -0.39 is 0 Å². The summed E-state index contributed by atoms with van der Waals surface area (Å²) in [5.41, 5.74) is 4.73. The Balaban J connectivity index is 2.02. The van der Waals surface area contributed by atoms with Crippen LogP contribution < -0.4 is 5.32 Å². The average molecular weight is 293 g/mol. The fourth-order valence-corrected chi connectivity index (χ4v) is 3.15. The van der Waals surface area contributed by atoms with Gasteiger partial charge in [-0.1, -0.05) is 35.2 Å². The van der Waals surface area contributed by atoms with Gasteiger partial charge in [0.2, 0.25) is 5.91 Å². The van der Waals surface area contributed by atoms with Crippen molar-refractivity contribution in [3.8, 4) is 0 Å². The van der Waals surface area contributed by atoms with Gasteiger partial charge in [-0.05, 0) is 38.0 Å². The van der Waals surface area contributed by atoms with Gasteiger partial charge in [0, 0.05) is 5.69 Å². The van der Waals surface area contributed by atoms with Crippen molar-refractivity contribution < 1.29 is 4.79 Å². The first-order valence-electron chi connectivity index (χ1n) is 5.87. The molecular weight excluding hydrogens is 278 g/mol. The van der Waals surface area contributed by atoms with Gasteiger partial charge in [-0.15, -0.1) is 10.2 Å². The van der Waals surface area contributed by atoms with E-state index in [0.717, 1.165) is 21.2 Å². The van der Waals surface area contributed by atoms with E-state index in [1.165, 1.54) is 23.1 Å². The molecule has 1 amide bonds. The summed E-state index contributed by atoms with van der Waals surface area (Å²) in [7, 11) is 0. The molecule has 0 aliphatic heterocycles. The maximum atomic E-state index is 12.1. The number of anilines is 1. The van der Waals surface area contributed by atoms with Crippen molar-refractivity contribution in [2.75, 3.05) is 5.32 Å². The van der Waals surface area contributed by atoms with Crippen molar-refractivity contribution in [1.82, 2.24) is 10.2 Å². The average Bonchev–Trinajstić information content (AvgIpc) is 2.86. The normalized spacial score (nSPS) is 12.2. The van der Waals surface area contributed by atoms with Crippen LogP contribution in [0.3, 0.4) is 0 Å². The molecule has 0 saturated heterocycles. The number of thioether (sulfide) groups is 1. The van der Waals surface area contributed by atoms with Crippen molar-refractivity contribution in [3.05, 3.63) is 34.8 Å². The highest BCUT2D eigenvalue weighted by Gasteiger charge is 2.16. The number of amides is 1. The summed E-state index contributed by atoms with van der Waals surface area (Å²) >= 11 is 2.86. The van der Waals surface area contributed by atoms with E-state index >= 15 is 0 Å². The van der Waals surface area contributed by atoms with Crippen LogP contribution in [0.25, 0.3) is 0 Å². The SMILES string of the molecule is Cc1ccc(C)c(NC(=O)C(C)Sc2nncs2)c1. The van der Waals surface area contributed by atoms with Crippen molar-refractivity contribution in [2.24, 2.45) is 0 Å². The molecule has 2 aromatic rings. The molecule has 0 spiro atoms. The maximum absolute atomic E-state index is 12.1. The highest BCUT2D eigenvalue weighted by Crippen LogP contribution is 2.25. The Hall–Kier alpha value is -1.40. The number of hydrogen-bond donors (Lipinski definition) is 1. The lowest BCUT2D eigenvalue weighted by Crippen LogP contribution is -2.22. The van der Waals surface area contributed by atoms with Crippen molar-refractivity contribution in [3.63, 3.8) is 0 Å². The Kier molecular flexibility index (Phi) is 4.55. The minimum Gasteiger partial charge on any atom is -0.325 e. The first-order chi connectivity index (χ1) is 9.06. The molecule has 19 heavy (non-hydrogen) atoms. The van der Waals surface area contributed by atoms with E-state index in [2.05, 4.69) is 15.5 Å². The Labute approximate surface area is 120 Å². The molecule has 0 aliphatic rings.